The molecule has 0 spiro atoms. The van der Waals surface area contributed by atoms with Crippen molar-refractivity contribution in [3.8, 4) is 0 Å². The first-order valence-electron chi connectivity index (χ1n) is 9.95. The van der Waals surface area contributed by atoms with Gasteiger partial charge in [-0.25, -0.2) is 12.8 Å². The van der Waals surface area contributed by atoms with Crippen LogP contribution >= 0.6 is 11.6 Å². The van der Waals surface area contributed by atoms with Crippen molar-refractivity contribution in [3.63, 3.8) is 0 Å². The Balaban J connectivity index is 1.92. The maximum atomic E-state index is 15.0. The van der Waals surface area contributed by atoms with Crippen LogP contribution in [-0.4, -0.2) is 26.1 Å². The highest BCUT2D eigenvalue weighted by molar-refractivity contribution is 7.91. The number of halogens is 2. The van der Waals surface area contributed by atoms with E-state index in [2.05, 4.69) is 0 Å². The molecular formula is C22H22ClFN2O3S. The summed E-state index contributed by atoms with van der Waals surface area (Å²) in [7, 11) is -4.08. The summed E-state index contributed by atoms with van der Waals surface area (Å²) in [6, 6.07) is 8.47. The molecule has 0 unspecified atom stereocenters. The van der Waals surface area contributed by atoms with Gasteiger partial charge in [-0.3, -0.25) is 4.79 Å². The third kappa shape index (κ3) is 3.61. The van der Waals surface area contributed by atoms with Crippen LogP contribution in [0, 0.1) is 5.82 Å². The number of aryl methyl sites for hydroxylation is 1. The topological polar surface area (TPSA) is 59.4 Å². The van der Waals surface area contributed by atoms with Crippen molar-refractivity contribution >= 4 is 38.0 Å². The van der Waals surface area contributed by atoms with Crippen molar-refractivity contribution in [2.24, 2.45) is 0 Å². The van der Waals surface area contributed by atoms with E-state index in [1.54, 1.807) is 10.6 Å². The molecule has 0 bridgehead atoms. The second kappa shape index (κ2) is 8.04. The minimum atomic E-state index is -4.08. The normalized spacial score (nSPS) is 15.0. The zero-order valence-corrected chi connectivity index (χ0v) is 18.1. The molecule has 0 atom stereocenters. The molecular weight excluding hydrogens is 427 g/mol. The summed E-state index contributed by atoms with van der Waals surface area (Å²) in [5.74, 6) is -0.509. The van der Waals surface area contributed by atoms with Gasteiger partial charge in [0.25, 0.3) is 0 Å². The highest BCUT2D eigenvalue weighted by Gasteiger charge is 2.25. The Kier molecular flexibility index (Phi) is 5.59. The highest BCUT2D eigenvalue weighted by Crippen LogP contribution is 2.29. The van der Waals surface area contributed by atoms with E-state index in [0.29, 0.717) is 22.8 Å². The molecule has 1 saturated heterocycles. The van der Waals surface area contributed by atoms with Gasteiger partial charge in [0.05, 0.1) is 21.5 Å². The largest absolute Gasteiger partial charge is 0.369 e. The summed E-state index contributed by atoms with van der Waals surface area (Å²) >= 11 is 5.85. The Morgan fingerprint density at radius 2 is 1.73 bits per heavy atom. The molecule has 1 aromatic heterocycles. The van der Waals surface area contributed by atoms with Gasteiger partial charge in [-0.2, -0.15) is 0 Å². The Morgan fingerprint density at radius 1 is 1.07 bits per heavy atom. The lowest BCUT2D eigenvalue weighted by molar-refractivity contribution is 0.557. The monoisotopic (exact) mass is 448 g/mol. The molecule has 0 radical (unpaired) electrons. The van der Waals surface area contributed by atoms with E-state index in [9.17, 15) is 17.6 Å². The smallest absolute Gasteiger partial charge is 0.211 e. The van der Waals surface area contributed by atoms with Gasteiger partial charge in [-0.05, 0) is 62.6 Å². The van der Waals surface area contributed by atoms with Crippen LogP contribution in [0.1, 0.15) is 26.2 Å². The second-order valence-corrected chi connectivity index (χ2v) is 9.79. The van der Waals surface area contributed by atoms with Crippen molar-refractivity contribution in [2.75, 3.05) is 18.0 Å². The van der Waals surface area contributed by atoms with Crippen LogP contribution in [0.25, 0.3) is 10.9 Å². The molecule has 1 aliphatic heterocycles. The third-order valence-corrected chi connectivity index (χ3v) is 7.58. The fourth-order valence-corrected chi connectivity index (χ4v) is 5.44. The number of piperidine rings is 1. The minimum absolute atomic E-state index is 0.0311. The van der Waals surface area contributed by atoms with Crippen LogP contribution in [0.3, 0.4) is 0 Å². The van der Waals surface area contributed by atoms with Gasteiger partial charge in [0.1, 0.15) is 10.7 Å². The van der Waals surface area contributed by atoms with E-state index in [0.717, 1.165) is 32.4 Å². The molecule has 4 rings (SSSR count). The molecule has 0 aliphatic carbocycles. The molecule has 2 aromatic carbocycles. The molecule has 1 fully saturated rings. The lowest BCUT2D eigenvalue weighted by Crippen LogP contribution is -2.30. The zero-order chi connectivity index (χ0) is 21.5. The van der Waals surface area contributed by atoms with Crippen molar-refractivity contribution in [1.29, 1.82) is 0 Å². The van der Waals surface area contributed by atoms with Gasteiger partial charge in [-0.15, -0.1) is 0 Å². The van der Waals surface area contributed by atoms with Crippen LogP contribution in [-0.2, 0) is 16.4 Å². The Hall–Kier alpha value is -2.38. The number of nitrogens with zero attached hydrogens (tertiary/aromatic N) is 2. The van der Waals surface area contributed by atoms with Gasteiger partial charge in [0.2, 0.25) is 15.3 Å². The van der Waals surface area contributed by atoms with Crippen molar-refractivity contribution in [2.45, 2.75) is 42.5 Å². The first-order chi connectivity index (χ1) is 14.3. The van der Waals surface area contributed by atoms with Gasteiger partial charge < -0.3 is 9.47 Å². The summed E-state index contributed by atoms with van der Waals surface area (Å²) in [5.41, 5.74) is 0.283. The predicted molar refractivity (Wildman–Crippen MR) is 117 cm³/mol. The number of fused-ring (bicyclic) bond motifs is 1. The van der Waals surface area contributed by atoms with E-state index in [1.807, 2.05) is 11.8 Å². The Labute approximate surface area is 179 Å². The average Bonchev–Trinajstić information content (AvgIpc) is 2.75. The van der Waals surface area contributed by atoms with Crippen LogP contribution in [0.5, 0.6) is 0 Å². The van der Waals surface area contributed by atoms with Gasteiger partial charge >= 0.3 is 0 Å². The molecule has 3 aromatic rings. The van der Waals surface area contributed by atoms with Crippen molar-refractivity contribution < 1.29 is 12.8 Å². The molecule has 1 aliphatic rings. The lowest BCUT2D eigenvalue weighted by atomic mass is 10.1. The van der Waals surface area contributed by atoms with Crippen LogP contribution in [0.15, 0.2) is 57.2 Å². The Morgan fingerprint density at radius 3 is 2.37 bits per heavy atom. The lowest BCUT2D eigenvalue weighted by Gasteiger charge is -2.29. The number of pyridine rings is 1. The molecule has 5 nitrogen and oxygen atoms in total. The number of sulfone groups is 1. The van der Waals surface area contributed by atoms with Crippen molar-refractivity contribution in [1.82, 2.24) is 4.57 Å². The second-order valence-electron chi connectivity index (χ2n) is 7.43. The zero-order valence-electron chi connectivity index (χ0n) is 16.6. The first kappa shape index (κ1) is 20.9. The van der Waals surface area contributed by atoms with Gasteiger partial charge in [0.15, 0.2) is 0 Å². The standard InChI is InChI=1S/C22H22ClFN2O3S/c1-2-25-14-21(30(28,29)16-8-6-15(23)7-9-16)22(27)17-12-18(24)20(13-19(17)25)26-10-4-3-5-11-26/h6-9,12-14H,2-5,10-11H2,1H3. The average molecular weight is 449 g/mol. The number of rotatable bonds is 4. The molecule has 30 heavy (non-hydrogen) atoms. The first-order valence-corrected chi connectivity index (χ1v) is 11.8. The van der Waals surface area contributed by atoms with Gasteiger partial charge in [0, 0.05) is 30.9 Å². The highest BCUT2D eigenvalue weighted by atomic mass is 35.5. The quantitative estimate of drug-likeness (QED) is 0.583. The molecule has 0 saturated carbocycles. The molecule has 2 heterocycles. The predicted octanol–water partition coefficient (Wildman–Crippen LogP) is 4.64. The van der Waals surface area contributed by atoms with E-state index < -0.39 is 21.1 Å². The number of hydrogen-bond donors (Lipinski definition) is 0. The summed E-state index contributed by atoms with van der Waals surface area (Å²) in [6.07, 6.45) is 4.47. The van der Waals surface area contributed by atoms with E-state index in [-0.39, 0.29) is 15.2 Å². The van der Waals surface area contributed by atoms with Crippen LogP contribution in [0.4, 0.5) is 10.1 Å². The SMILES string of the molecule is CCn1cc(S(=O)(=O)c2ccc(Cl)cc2)c(=O)c2cc(F)c(N3CCCCC3)cc21. The number of benzene rings is 2. The van der Waals surface area contributed by atoms with E-state index in [4.69, 9.17) is 11.6 Å². The number of hydrogen-bond acceptors (Lipinski definition) is 4. The molecule has 8 heteroatoms. The summed E-state index contributed by atoms with van der Waals surface area (Å²) < 4.78 is 42.9. The summed E-state index contributed by atoms with van der Waals surface area (Å²) in [4.78, 5) is 14.7. The molecule has 0 amide bonds. The van der Waals surface area contributed by atoms with E-state index in [1.165, 1.54) is 36.5 Å². The molecule has 158 valence electrons. The Bertz CT molecular complexity index is 1260. The summed E-state index contributed by atoms with van der Waals surface area (Å²) in [6.45, 7) is 3.82. The fraction of sp³-hybridized carbons (Fsp3) is 0.318. The number of anilines is 1. The van der Waals surface area contributed by atoms with Gasteiger partial charge in [-0.1, -0.05) is 11.6 Å². The maximum Gasteiger partial charge on any atom is 0.211 e. The third-order valence-electron chi connectivity index (χ3n) is 5.57. The van der Waals surface area contributed by atoms with Crippen LogP contribution < -0.4 is 10.3 Å². The fourth-order valence-electron chi connectivity index (χ4n) is 3.94. The van der Waals surface area contributed by atoms with Crippen molar-refractivity contribution in [3.05, 3.63) is 63.7 Å². The molecule has 0 N–H and O–H groups in total. The van der Waals surface area contributed by atoms with E-state index >= 15 is 0 Å². The van der Waals surface area contributed by atoms with Crippen LogP contribution in [0.2, 0.25) is 5.02 Å². The minimum Gasteiger partial charge on any atom is -0.369 e. The maximum absolute atomic E-state index is 15.0. The number of aromatic nitrogens is 1. The summed E-state index contributed by atoms with van der Waals surface area (Å²) in [5, 5.41) is 0.455.